The summed E-state index contributed by atoms with van der Waals surface area (Å²) < 4.78 is 18.6. The van der Waals surface area contributed by atoms with Gasteiger partial charge < -0.3 is 18.3 Å². The third-order valence-electron chi connectivity index (χ3n) is 4.11. The maximum atomic E-state index is 12.7. The number of thioether (sulfide) groups is 1. The highest BCUT2D eigenvalue weighted by Crippen LogP contribution is 2.30. The lowest BCUT2D eigenvalue weighted by Crippen LogP contribution is -2.34. The fraction of sp³-hybridized carbons (Fsp3) is 0.400. The number of hydrogen-bond donors (Lipinski definition) is 1. The van der Waals surface area contributed by atoms with Crippen molar-refractivity contribution in [1.82, 2.24) is 0 Å². The second-order valence-corrected chi connectivity index (χ2v) is 8.75. The lowest BCUT2D eigenvalue weighted by atomic mass is 9.97. The molecule has 0 amide bonds. The van der Waals surface area contributed by atoms with Crippen molar-refractivity contribution in [2.45, 2.75) is 38.5 Å². The maximum Gasteiger partial charge on any atom is 0.519 e. The molecule has 0 spiro atoms. The molecule has 0 N–H and O–H groups in total. The summed E-state index contributed by atoms with van der Waals surface area (Å²) >= 11 is 4.82. The predicted octanol–water partition coefficient (Wildman–Crippen LogP) is 3.80. The molecule has 2 aromatic rings. The minimum Gasteiger partial charge on any atom is -0.449 e. The fourth-order valence-corrected chi connectivity index (χ4v) is 3.32. The summed E-state index contributed by atoms with van der Waals surface area (Å²) in [6.45, 7) is 4.32. The minimum atomic E-state index is -1.16. The molecule has 8 nitrogen and oxygen atoms in total. The van der Waals surface area contributed by atoms with Gasteiger partial charge in [0.25, 0.3) is 0 Å². The maximum absolute atomic E-state index is 12.7. The number of para-hydroxylation sites is 1. The van der Waals surface area contributed by atoms with E-state index in [9.17, 15) is 19.2 Å². The number of ether oxygens (including phenoxy) is 2. The second-order valence-electron chi connectivity index (χ2n) is 6.83. The van der Waals surface area contributed by atoms with Crippen molar-refractivity contribution in [2.75, 3.05) is 5.75 Å². The number of aryl methyl sites for hydroxylation is 1. The third kappa shape index (κ3) is 6.81. The van der Waals surface area contributed by atoms with Crippen LogP contribution in [0.5, 0.6) is 5.75 Å². The van der Waals surface area contributed by atoms with Gasteiger partial charge in [0.05, 0.1) is 10.7 Å². The monoisotopic (exact) mass is 454 g/mol. The van der Waals surface area contributed by atoms with Gasteiger partial charge in [-0.1, -0.05) is 18.2 Å². The standard InChI is InChI=1S/C20H22O8S2/c1-12-15(28-18(23)26-12)10-25-19(24)30-20(2,3)16(21)9-13(11-29)17(22)27-14-7-5-4-6-8-14/h4-8,13,29H,9-11H2,1-3H3/t13-/m0/s1. The lowest BCUT2D eigenvalue weighted by molar-refractivity contribution is -0.140. The van der Waals surface area contributed by atoms with E-state index in [-0.39, 0.29) is 36.1 Å². The summed E-state index contributed by atoms with van der Waals surface area (Å²) in [4.78, 5) is 48.2. The smallest absolute Gasteiger partial charge is 0.449 e. The molecular weight excluding hydrogens is 432 g/mol. The molecule has 0 radical (unpaired) electrons. The molecule has 30 heavy (non-hydrogen) atoms. The van der Waals surface area contributed by atoms with E-state index >= 15 is 0 Å². The number of benzene rings is 1. The number of carbonyl (C=O) groups is 3. The first-order valence-electron chi connectivity index (χ1n) is 8.98. The average Bonchev–Trinajstić information content (AvgIpc) is 3.01. The number of hydrogen-bond acceptors (Lipinski definition) is 10. The molecule has 1 aromatic carbocycles. The number of esters is 1. The molecule has 1 heterocycles. The van der Waals surface area contributed by atoms with E-state index < -0.39 is 27.8 Å². The largest absolute Gasteiger partial charge is 0.519 e. The van der Waals surface area contributed by atoms with E-state index in [0.717, 1.165) is 0 Å². The van der Waals surface area contributed by atoms with Crippen LogP contribution in [0.3, 0.4) is 0 Å². The Hall–Kier alpha value is -2.46. The SMILES string of the molecule is Cc1oc(=O)oc1COC(=O)SC(C)(C)C(=O)C[C@@H](CS)C(=O)Oc1ccccc1. The van der Waals surface area contributed by atoms with Crippen LogP contribution in [0.1, 0.15) is 31.8 Å². The topological polar surface area (TPSA) is 113 Å². The molecule has 162 valence electrons. The van der Waals surface area contributed by atoms with Crippen LogP contribution in [0.4, 0.5) is 4.79 Å². The normalized spacial score (nSPS) is 12.3. The number of thiol groups is 1. The van der Waals surface area contributed by atoms with E-state index in [1.54, 1.807) is 44.2 Å². The van der Waals surface area contributed by atoms with Crippen LogP contribution in [-0.2, 0) is 20.9 Å². The zero-order valence-corrected chi connectivity index (χ0v) is 18.4. The van der Waals surface area contributed by atoms with Gasteiger partial charge in [0.1, 0.15) is 11.5 Å². The van der Waals surface area contributed by atoms with Crippen LogP contribution in [0.15, 0.2) is 44.0 Å². The highest BCUT2D eigenvalue weighted by atomic mass is 32.2. The number of ketones is 1. The average molecular weight is 455 g/mol. The molecule has 1 aromatic heterocycles. The summed E-state index contributed by atoms with van der Waals surface area (Å²) in [5, 5.41) is -0.731. The van der Waals surface area contributed by atoms with E-state index in [1.807, 2.05) is 0 Å². The van der Waals surface area contributed by atoms with Gasteiger partial charge in [0.15, 0.2) is 18.1 Å². The van der Waals surface area contributed by atoms with Crippen LogP contribution in [-0.4, -0.2) is 27.6 Å². The van der Waals surface area contributed by atoms with Gasteiger partial charge in [-0.3, -0.25) is 9.59 Å². The van der Waals surface area contributed by atoms with Crippen molar-refractivity contribution in [3.8, 4) is 5.75 Å². The Morgan fingerprint density at radius 1 is 1.17 bits per heavy atom. The van der Waals surface area contributed by atoms with E-state index in [2.05, 4.69) is 17.0 Å². The van der Waals surface area contributed by atoms with Gasteiger partial charge in [-0.15, -0.1) is 0 Å². The molecule has 0 bridgehead atoms. The molecule has 0 aliphatic heterocycles. The zero-order chi connectivity index (χ0) is 22.3. The van der Waals surface area contributed by atoms with Gasteiger partial charge in [0, 0.05) is 12.2 Å². The molecule has 10 heteroatoms. The van der Waals surface area contributed by atoms with Crippen LogP contribution in [0.25, 0.3) is 0 Å². The Labute approximate surface area is 182 Å². The predicted molar refractivity (Wildman–Crippen MR) is 113 cm³/mol. The first kappa shape index (κ1) is 23.8. The molecule has 0 aliphatic carbocycles. The van der Waals surface area contributed by atoms with Crippen molar-refractivity contribution in [2.24, 2.45) is 5.92 Å². The molecule has 0 aliphatic rings. The van der Waals surface area contributed by atoms with E-state index in [1.165, 1.54) is 6.92 Å². The molecule has 1 atom stereocenters. The number of rotatable bonds is 9. The number of Topliss-reactive ketones (excluding diaryl/α,β-unsaturated/α-hetero) is 1. The first-order valence-corrected chi connectivity index (χ1v) is 10.4. The molecule has 0 saturated heterocycles. The molecule has 0 unspecified atom stereocenters. The zero-order valence-electron chi connectivity index (χ0n) is 16.7. The summed E-state index contributed by atoms with van der Waals surface area (Å²) in [7, 11) is 0. The first-order chi connectivity index (χ1) is 14.1. The lowest BCUT2D eigenvalue weighted by Gasteiger charge is -2.23. The van der Waals surface area contributed by atoms with Crippen molar-refractivity contribution in [1.29, 1.82) is 0 Å². The Morgan fingerprint density at radius 3 is 2.40 bits per heavy atom. The van der Waals surface area contributed by atoms with Gasteiger partial charge in [-0.05, 0) is 44.7 Å². The van der Waals surface area contributed by atoms with Gasteiger partial charge in [0.2, 0.25) is 0 Å². The Balaban J connectivity index is 1.90. The van der Waals surface area contributed by atoms with Crippen LogP contribution >= 0.6 is 24.4 Å². The fourth-order valence-electron chi connectivity index (χ4n) is 2.31. The van der Waals surface area contributed by atoms with Crippen LogP contribution in [0, 0.1) is 12.8 Å². The molecular formula is C20H22O8S2. The Morgan fingerprint density at radius 2 is 1.83 bits per heavy atom. The van der Waals surface area contributed by atoms with Crippen LogP contribution in [0.2, 0.25) is 0 Å². The van der Waals surface area contributed by atoms with Crippen molar-refractivity contribution in [3.05, 3.63) is 52.5 Å². The van der Waals surface area contributed by atoms with Gasteiger partial charge in [-0.25, -0.2) is 9.59 Å². The van der Waals surface area contributed by atoms with Crippen molar-refractivity contribution in [3.63, 3.8) is 0 Å². The Bertz CT molecular complexity index is 945. The molecule has 0 saturated carbocycles. The molecule has 2 rings (SSSR count). The van der Waals surface area contributed by atoms with E-state index in [0.29, 0.717) is 17.5 Å². The highest BCUT2D eigenvalue weighted by Gasteiger charge is 2.35. The quantitative estimate of drug-likeness (QED) is 0.343. The van der Waals surface area contributed by atoms with Gasteiger partial charge >= 0.3 is 17.1 Å². The summed E-state index contributed by atoms with van der Waals surface area (Å²) in [6.07, 6.45) is -0.141. The summed E-state index contributed by atoms with van der Waals surface area (Å²) in [5.41, 5.74) is 0. The van der Waals surface area contributed by atoms with Crippen molar-refractivity contribution >= 4 is 41.4 Å². The number of carbonyl (C=O) groups excluding carboxylic acids is 3. The minimum absolute atomic E-state index is 0.0943. The molecule has 0 fully saturated rings. The summed E-state index contributed by atoms with van der Waals surface area (Å²) in [6, 6.07) is 8.51. The third-order valence-corrected chi connectivity index (χ3v) is 5.58. The van der Waals surface area contributed by atoms with Crippen molar-refractivity contribution < 1.29 is 32.7 Å². The van der Waals surface area contributed by atoms with Gasteiger partial charge in [-0.2, -0.15) is 12.6 Å². The summed E-state index contributed by atoms with van der Waals surface area (Å²) in [5.74, 6) is -1.76. The highest BCUT2D eigenvalue weighted by molar-refractivity contribution is 8.15. The van der Waals surface area contributed by atoms with E-state index in [4.69, 9.17) is 13.9 Å². The second kappa shape index (κ2) is 10.5. The van der Waals surface area contributed by atoms with Crippen LogP contribution < -0.4 is 10.6 Å². The Kier molecular flexibility index (Phi) is 8.36.